The van der Waals surface area contributed by atoms with Crippen molar-refractivity contribution >= 4 is 6.08 Å². The zero-order valence-electron chi connectivity index (χ0n) is 9.93. The van der Waals surface area contributed by atoms with Crippen molar-refractivity contribution in [2.24, 2.45) is 11.3 Å². The molecule has 0 radical (unpaired) electrons. The van der Waals surface area contributed by atoms with Gasteiger partial charge in [-0.3, -0.25) is 0 Å². The van der Waals surface area contributed by atoms with Gasteiger partial charge in [0.2, 0.25) is 0 Å². The zero-order valence-corrected chi connectivity index (χ0v) is 9.93. The fraction of sp³-hybridized carbons (Fsp3) is 0.250. The van der Waals surface area contributed by atoms with Gasteiger partial charge < -0.3 is 0 Å². The van der Waals surface area contributed by atoms with Gasteiger partial charge in [-0.2, -0.15) is 0 Å². The van der Waals surface area contributed by atoms with Crippen LogP contribution in [-0.2, 0) is 0 Å². The van der Waals surface area contributed by atoms with Crippen LogP contribution >= 0.6 is 0 Å². The van der Waals surface area contributed by atoms with Gasteiger partial charge in [0.05, 0.1) is 0 Å². The summed E-state index contributed by atoms with van der Waals surface area (Å²) in [6.07, 6.45) is 13.3. The Bertz CT molecular complexity index is 423. The van der Waals surface area contributed by atoms with Crippen molar-refractivity contribution < 1.29 is 0 Å². The van der Waals surface area contributed by atoms with Gasteiger partial charge in [0.25, 0.3) is 0 Å². The fourth-order valence-electron chi connectivity index (χ4n) is 1.90. The van der Waals surface area contributed by atoms with Crippen LogP contribution in [0.5, 0.6) is 0 Å². The summed E-state index contributed by atoms with van der Waals surface area (Å²) < 4.78 is 0. The lowest BCUT2D eigenvalue weighted by atomic mass is 9.75. The monoisotopic (exact) mass is 210 g/mol. The van der Waals surface area contributed by atoms with Gasteiger partial charge in [-0.15, -0.1) is 0 Å². The Morgan fingerprint density at radius 3 is 2.56 bits per heavy atom. The van der Waals surface area contributed by atoms with Crippen LogP contribution in [0.1, 0.15) is 19.4 Å². The molecule has 2 rings (SSSR count). The first kappa shape index (κ1) is 10.9. The third kappa shape index (κ3) is 2.33. The SMILES string of the molecule is CC1C=CC=CC1(C)C=Cc1ccccc1. The van der Waals surface area contributed by atoms with Gasteiger partial charge in [-0.1, -0.05) is 80.6 Å². The molecule has 0 saturated heterocycles. The molecule has 0 saturated carbocycles. The molecule has 0 aromatic heterocycles. The standard InChI is InChI=1S/C16H18/c1-14-8-6-7-12-16(14,2)13-11-15-9-4-3-5-10-15/h3-14H,1-2H3. The number of hydrogen-bond acceptors (Lipinski definition) is 0. The minimum Gasteiger partial charge on any atom is -0.0805 e. The Balaban J connectivity index is 2.18. The van der Waals surface area contributed by atoms with Crippen molar-refractivity contribution in [1.82, 2.24) is 0 Å². The molecule has 0 N–H and O–H groups in total. The Morgan fingerprint density at radius 2 is 1.88 bits per heavy atom. The molecule has 0 nitrogen and oxygen atoms in total. The van der Waals surface area contributed by atoms with Crippen LogP contribution in [0.3, 0.4) is 0 Å². The minimum absolute atomic E-state index is 0.143. The van der Waals surface area contributed by atoms with E-state index in [-0.39, 0.29) is 5.41 Å². The lowest BCUT2D eigenvalue weighted by Gasteiger charge is -2.29. The lowest BCUT2D eigenvalue weighted by molar-refractivity contribution is 0.420. The van der Waals surface area contributed by atoms with E-state index in [9.17, 15) is 0 Å². The Kier molecular flexibility index (Phi) is 3.09. The molecule has 2 unspecified atom stereocenters. The molecule has 0 heterocycles. The first-order chi connectivity index (χ1) is 7.71. The number of hydrogen-bond donors (Lipinski definition) is 0. The predicted molar refractivity (Wildman–Crippen MR) is 71.0 cm³/mol. The summed E-state index contributed by atoms with van der Waals surface area (Å²) in [5, 5.41) is 0. The molecule has 0 spiro atoms. The summed E-state index contributed by atoms with van der Waals surface area (Å²) in [5.41, 5.74) is 1.41. The molecule has 1 aliphatic carbocycles. The largest absolute Gasteiger partial charge is 0.0805 e. The predicted octanol–water partition coefficient (Wildman–Crippen LogP) is 4.47. The maximum absolute atomic E-state index is 2.30. The van der Waals surface area contributed by atoms with E-state index in [1.54, 1.807) is 0 Å². The summed E-state index contributed by atoms with van der Waals surface area (Å²) >= 11 is 0. The van der Waals surface area contributed by atoms with Gasteiger partial charge in [0.15, 0.2) is 0 Å². The first-order valence-electron chi connectivity index (χ1n) is 5.81. The molecule has 2 atom stereocenters. The van der Waals surface area contributed by atoms with Gasteiger partial charge in [-0.25, -0.2) is 0 Å². The minimum atomic E-state index is 0.143. The molecule has 1 aromatic carbocycles. The van der Waals surface area contributed by atoms with Crippen LogP contribution < -0.4 is 0 Å². The molecular weight excluding hydrogens is 192 g/mol. The van der Waals surface area contributed by atoms with Crippen molar-refractivity contribution in [3.8, 4) is 0 Å². The van der Waals surface area contributed by atoms with Crippen LogP contribution in [0, 0.1) is 11.3 Å². The maximum Gasteiger partial charge on any atom is 0.00992 e. The van der Waals surface area contributed by atoms with E-state index in [0.717, 1.165) is 0 Å². The van der Waals surface area contributed by atoms with Crippen LogP contribution in [-0.4, -0.2) is 0 Å². The smallest absolute Gasteiger partial charge is 0.00992 e. The van der Waals surface area contributed by atoms with Crippen LogP contribution in [0.15, 0.2) is 60.7 Å². The first-order valence-corrected chi connectivity index (χ1v) is 5.81. The molecule has 82 valence electrons. The van der Waals surface area contributed by atoms with Gasteiger partial charge >= 0.3 is 0 Å². The molecule has 0 bridgehead atoms. The van der Waals surface area contributed by atoms with Crippen molar-refractivity contribution in [3.05, 3.63) is 66.3 Å². The summed E-state index contributed by atoms with van der Waals surface area (Å²) in [7, 11) is 0. The van der Waals surface area contributed by atoms with Crippen molar-refractivity contribution in [1.29, 1.82) is 0 Å². The highest BCUT2D eigenvalue weighted by molar-refractivity contribution is 5.51. The second-order valence-corrected chi connectivity index (χ2v) is 4.64. The van der Waals surface area contributed by atoms with E-state index < -0.39 is 0 Å². The topological polar surface area (TPSA) is 0 Å². The number of allylic oxidation sites excluding steroid dienone is 5. The van der Waals surface area contributed by atoms with E-state index in [1.807, 2.05) is 6.07 Å². The van der Waals surface area contributed by atoms with Gasteiger partial charge in [0.1, 0.15) is 0 Å². The fourth-order valence-corrected chi connectivity index (χ4v) is 1.90. The second kappa shape index (κ2) is 4.52. The Labute approximate surface area is 98.0 Å². The van der Waals surface area contributed by atoms with E-state index in [2.05, 4.69) is 74.6 Å². The summed E-state index contributed by atoms with van der Waals surface area (Å²) in [6, 6.07) is 10.5. The highest BCUT2D eigenvalue weighted by atomic mass is 14.3. The summed E-state index contributed by atoms with van der Waals surface area (Å²) in [5.74, 6) is 0.553. The van der Waals surface area contributed by atoms with Crippen LogP contribution in [0.2, 0.25) is 0 Å². The quantitative estimate of drug-likeness (QED) is 0.675. The normalized spacial score (nSPS) is 28.8. The molecule has 0 fully saturated rings. The summed E-state index contributed by atoms with van der Waals surface area (Å²) in [6.45, 7) is 4.53. The third-order valence-corrected chi connectivity index (χ3v) is 3.38. The summed E-state index contributed by atoms with van der Waals surface area (Å²) in [4.78, 5) is 0. The van der Waals surface area contributed by atoms with E-state index in [4.69, 9.17) is 0 Å². The maximum atomic E-state index is 2.30. The molecule has 16 heavy (non-hydrogen) atoms. The molecule has 1 aliphatic rings. The van der Waals surface area contributed by atoms with E-state index in [0.29, 0.717) is 5.92 Å². The molecular formula is C16H18. The number of benzene rings is 1. The van der Waals surface area contributed by atoms with Crippen molar-refractivity contribution in [3.63, 3.8) is 0 Å². The Morgan fingerprint density at radius 1 is 1.12 bits per heavy atom. The molecule has 1 aromatic rings. The highest BCUT2D eigenvalue weighted by Crippen LogP contribution is 2.34. The van der Waals surface area contributed by atoms with Crippen LogP contribution in [0.25, 0.3) is 6.08 Å². The van der Waals surface area contributed by atoms with Gasteiger partial charge in [-0.05, 0) is 11.5 Å². The molecule has 0 amide bonds. The Hall–Kier alpha value is -1.56. The highest BCUT2D eigenvalue weighted by Gasteiger charge is 2.24. The third-order valence-electron chi connectivity index (χ3n) is 3.38. The van der Waals surface area contributed by atoms with E-state index in [1.165, 1.54) is 5.56 Å². The average molecular weight is 210 g/mol. The number of rotatable bonds is 2. The van der Waals surface area contributed by atoms with Crippen molar-refractivity contribution in [2.45, 2.75) is 13.8 Å². The zero-order chi connectivity index (χ0) is 11.4. The van der Waals surface area contributed by atoms with Crippen molar-refractivity contribution in [2.75, 3.05) is 0 Å². The van der Waals surface area contributed by atoms with Gasteiger partial charge in [0, 0.05) is 5.41 Å². The van der Waals surface area contributed by atoms with Crippen LogP contribution in [0.4, 0.5) is 0 Å². The molecule has 0 aliphatic heterocycles. The molecule has 0 heteroatoms. The van der Waals surface area contributed by atoms with E-state index >= 15 is 0 Å². The lowest BCUT2D eigenvalue weighted by Crippen LogP contribution is -2.20. The average Bonchev–Trinajstić information content (AvgIpc) is 2.32. The second-order valence-electron chi connectivity index (χ2n) is 4.64.